The third kappa shape index (κ3) is 8.48. The number of aliphatic hydroxyl groups excluding tert-OH is 6. The van der Waals surface area contributed by atoms with E-state index in [0.29, 0.717) is 6.29 Å². The Hall–Kier alpha value is -1.87. The van der Waals surface area contributed by atoms with Gasteiger partial charge in [-0.2, -0.15) is 0 Å². The molecule has 1 amide bonds. The summed E-state index contributed by atoms with van der Waals surface area (Å²) in [6.45, 7) is 6.86. The van der Waals surface area contributed by atoms with Crippen LogP contribution in [-0.2, 0) is 42.8 Å². The average Bonchev–Trinajstić information content (AvgIpc) is 2.94. The lowest BCUT2D eigenvalue weighted by atomic mass is 9.89. The van der Waals surface area contributed by atoms with Gasteiger partial charge in [0.25, 0.3) is 0 Å². The molecule has 0 bridgehead atoms. The lowest BCUT2D eigenvalue weighted by Gasteiger charge is -2.48. The van der Waals surface area contributed by atoms with Gasteiger partial charge in [0.15, 0.2) is 18.9 Å². The molecule has 44 heavy (non-hydrogen) atoms. The molecule has 3 fully saturated rings. The second kappa shape index (κ2) is 15.6. The first-order chi connectivity index (χ1) is 20.6. The smallest absolute Gasteiger partial charge is 0.308 e. The van der Waals surface area contributed by atoms with E-state index in [9.17, 15) is 50.1 Å². The molecule has 0 radical (unpaired) electrons. The van der Waals surface area contributed by atoms with Gasteiger partial charge in [0.05, 0.1) is 61.4 Å². The SMILES string of the molecule is CC(O)CC(=O)N[C@H]1C(C)O[C@@H](OC2[C@@H](O)C(C)O[C@@H](O[C@H]3C(O)[C@@H](O)C(C)O[C@H]3OCC(C)C(=O)O)[C@H]2O)C(C=O)[C@H]1O. The Bertz CT molecular complexity index is 970. The number of aldehydes is 1. The maximum atomic E-state index is 12.2. The van der Waals surface area contributed by atoms with Crippen LogP contribution in [0, 0.1) is 11.8 Å². The van der Waals surface area contributed by atoms with Crippen LogP contribution < -0.4 is 5.32 Å². The molecule has 3 saturated heterocycles. The van der Waals surface area contributed by atoms with Gasteiger partial charge in [-0.15, -0.1) is 0 Å². The molecule has 0 aromatic heterocycles. The third-order valence-electron chi connectivity index (χ3n) is 7.98. The number of hydrogen-bond donors (Lipinski definition) is 8. The van der Waals surface area contributed by atoms with Crippen molar-refractivity contribution in [3.05, 3.63) is 0 Å². The monoisotopic (exact) mass is 639 g/mol. The van der Waals surface area contributed by atoms with Crippen LogP contribution in [0.25, 0.3) is 0 Å². The number of rotatable bonds is 12. The van der Waals surface area contributed by atoms with Crippen molar-refractivity contribution in [3.8, 4) is 0 Å². The summed E-state index contributed by atoms with van der Waals surface area (Å²) < 4.78 is 34.2. The summed E-state index contributed by atoms with van der Waals surface area (Å²) in [5.41, 5.74) is 0. The van der Waals surface area contributed by atoms with Crippen molar-refractivity contribution < 1.29 is 78.6 Å². The highest BCUT2D eigenvalue weighted by atomic mass is 16.8. The third-order valence-corrected chi connectivity index (χ3v) is 7.98. The van der Waals surface area contributed by atoms with E-state index in [0.717, 1.165) is 0 Å². The number of ether oxygens (including phenoxy) is 6. The Morgan fingerprint density at radius 1 is 0.795 bits per heavy atom. The number of carboxylic acids is 1. The maximum absolute atomic E-state index is 12.2. The van der Waals surface area contributed by atoms with E-state index in [1.54, 1.807) is 0 Å². The van der Waals surface area contributed by atoms with Crippen molar-refractivity contribution in [1.29, 1.82) is 0 Å². The van der Waals surface area contributed by atoms with Crippen molar-refractivity contribution in [2.45, 2.75) is 133 Å². The van der Waals surface area contributed by atoms with Crippen molar-refractivity contribution in [3.63, 3.8) is 0 Å². The summed E-state index contributed by atoms with van der Waals surface area (Å²) in [5, 5.41) is 75.3. The molecule has 17 atom stereocenters. The largest absolute Gasteiger partial charge is 0.481 e. The molecule has 0 aromatic rings. The Kier molecular flexibility index (Phi) is 13.0. The van der Waals surface area contributed by atoms with E-state index in [1.807, 2.05) is 0 Å². The molecule has 8 N–H and O–H groups in total. The van der Waals surface area contributed by atoms with E-state index in [-0.39, 0.29) is 13.0 Å². The zero-order chi connectivity index (χ0) is 33.0. The van der Waals surface area contributed by atoms with Crippen LogP contribution in [0.3, 0.4) is 0 Å². The van der Waals surface area contributed by atoms with Crippen LogP contribution >= 0.6 is 0 Å². The first-order valence-electron chi connectivity index (χ1n) is 14.5. The van der Waals surface area contributed by atoms with Gasteiger partial charge in [-0.3, -0.25) is 9.59 Å². The van der Waals surface area contributed by atoms with E-state index in [2.05, 4.69) is 5.32 Å². The Labute approximate surface area is 253 Å². The molecule has 3 rings (SSSR count). The minimum absolute atomic E-state index is 0.248. The first-order valence-corrected chi connectivity index (χ1v) is 14.5. The fraction of sp³-hybridized carbons (Fsp3) is 0.889. The molecule has 3 heterocycles. The first kappa shape index (κ1) is 36.6. The fourth-order valence-electron chi connectivity index (χ4n) is 5.22. The zero-order valence-corrected chi connectivity index (χ0v) is 25.1. The second-order valence-electron chi connectivity index (χ2n) is 11.7. The number of carbonyl (C=O) groups is 3. The van der Waals surface area contributed by atoms with Crippen LogP contribution in [0.5, 0.6) is 0 Å². The summed E-state index contributed by atoms with van der Waals surface area (Å²) in [6.07, 6.45) is -19.1. The van der Waals surface area contributed by atoms with Gasteiger partial charge < -0.3 is 74.3 Å². The molecule has 0 spiro atoms. The number of carbonyl (C=O) groups excluding carboxylic acids is 2. The molecule has 0 saturated carbocycles. The van der Waals surface area contributed by atoms with E-state index in [1.165, 1.54) is 34.6 Å². The average molecular weight is 640 g/mol. The Balaban J connectivity index is 1.76. The molecule has 3 aliphatic heterocycles. The van der Waals surface area contributed by atoms with Crippen LogP contribution in [0.4, 0.5) is 0 Å². The summed E-state index contributed by atoms with van der Waals surface area (Å²) in [4.78, 5) is 35.4. The summed E-state index contributed by atoms with van der Waals surface area (Å²) in [6, 6.07) is -1.04. The zero-order valence-electron chi connectivity index (χ0n) is 25.1. The van der Waals surface area contributed by atoms with Crippen molar-refractivity contribution in [1.82, 2.24) is 5.32 Å². The van der Waals surface area contributed by atoms with Crippen molar-refractivity contribution in [2.24, 2.45) is 11.8 Å². The van der Waals surface area contributed by atoms with Gasteiger partial charge in [-0.1, -0.05) is 0 Å². The predicted octanol–water partition coefficient (Wildman–Crippen LogP) is -3.40. The number of aliphatic carboxylic acids is 1. The summed E-state index contributed by atoms with van der Waals surface area (Å²) in [7, 11) is 0. The van der Waals surface area contributed by atoms with Crippen molar-refractivity contribution >= 4 is 18.2 Å². The molecule has 17 nitrogen and oxygen atoms in total. The number of aliphatic hydroxyl groups is 6. The molecular weight excluding hydrogens is 594 g/mol. The van der Waals surface area contributed by atoms with Crippen LogP contribution in [-0.4, -0.2) is 153 Å². The summed E-state index contributed by atoms with van der Waals surface area (Å²) in [5.74, 6) is -4.06. The molecule has 17 heteroatoms. The highest BCUT2D eigenvalue weighted by molar-refractivity contribution is 5.77. The quantitative estimate of drug-likeness (QED) is 0.0968. The van der Waals surface area contributed by atoms with Gasteiger partial charge >= 0.3 is 5.97 Å². The lowest BCUT2D eigenvalue weighted by molar-refractivity contribution is -0.375. The topological polar surface area (TPSA) is 260 Å². The summed E-state index contributed by atoms with van der Waals surface area (Å²) >= 11 is 0. The fourth-order valence-corrected chi connectivity index (χ4v) is 5.22. The molecule has 0 aromatic carbocycles. The molecular formula is C27H45NO16. The number of hydrogen-bond acceptors (Lipinski definition) is 15. The van der Waals surface area contributed by atoms with Gasteiger partial charge in [0.2, 0.25) is 5.91 Å². The molecule has 254 valence electrons. The van der Waals surface area contributed by atoms with E-state index in [4.69, 9.17) is 28.4 Å². The van der Waals surface area contributed by atoms with E-state index < -0.39 is 116 Å². The lowest BCUT2D eigenvalue weighted by Crippen LogP contribution is -2.66. The van der Waals surface area contributed by atoms with Crippen molar-refractivity contribution in [2.75, 3.05) is 6.61 Å². The predicted molar refractivity (Wildman–Crippen MR) is 143 cm³/mol. The van der Waals surface area contributed by atoms with Crippen LogP contribution in [0.2, 0.25) is 0 Å². The van der Waals surface area contributed by atoms with Gasteiger partial charge in [0.1, 0.15) is 42.9 Å². The second-order valence-corrected chi connectivity index (χ2v) is 11.7. The number of carboxylic acid groups (broad SMARTS) is 1. The van der Waals surface area contributed by atoms with Gasteiger partial charge in [-0.25, -0.2) is 0 Å². The van der Waals surface area contributed by atoms with Crippen LogP contribution in [0.1, 0.15) is 41.0 Å². The standard InChI is InChI=1S/C27H45NO16/c1-9(24(37)38)8-39-27-23(20(35)17(32)12(4)42-27)44-26-21(36)22(18(33)13(5)41-26)43-25-14(7-29)19(34)16(11(3)40-25)28-15(31)6-10(2)30/h7,9-14,16-23,25-27,30,32-36H,6,8H2,1-5H3,(H,28,31)(H,37,38)/t9?,10?,11?,12?,13?,14?,16-,17-,18-,19+,20?,21-,22?,23-,25-,26-,27+/m0/s1. The molecule has 3 aliphatic rings. The Morgan fingerprint density at radius 3 is 1.95 bits per heavy atom. The van der Waals surface area contributed by atoms with E-state index >= 15 is 0 Å². The Morgan fingerprint density at radius 2 is 1.36 bits per heavy atom. The van der Waals surface area contributed by atoms with Gasteiger partial charge in [0, 0.05) is 0 Å². The van der Waals surface area contributed by atoms with Crippen LogP contribution in [0.15, 0.2) is 0 Å². The maximum Gasteiger partial charge on any atom is 0.308 e. The minimum atomic E-state index is -1.80. The molecule has 8 unspecified atom stereocenters. The van der Waals surface area contributed by atoms with Gasteiger partial charge in [-0.05, 0) is 34.6 Å². The number of nitrogens with one attached hydrogen (secondary N) is 1. The molecule has 0 aliphatic carbocycles. The minimum Gasteiger partial charge on any atom is -0.481 e. The highest BCUT2D eigenvalue weighted by Gasteiger charge is 2.53. The number of amides is 1. The normalized spacial score (nSPS) is 44.4. The highest BCUT2D eigenvalue weighted by Crippen LogP contribution is 2.34.